The quantitative estimate of drug-likeness (QED) is 0.299. The number of hydrogen-bond donors (Lipinski definition) is 3. The maximum Gasteiger partial charge on any atom is 0.223 e. The number of nitrogens with one attached hydrogen (secondary N) is 1. The van der Waals surface area contributed by atoms with Crippen LogP contribution < -0.4 is 11.1 Å². The zero-order valence-corrected chi connectivity index (χ0v) is 21.8. The fourth-order valence-corrected chi connectivity index (χ4v) is 4.58. The number of rotatable bonds is 15. The maximum atomic E-state index is 13.1. The van der Waals surface area contributed by atoms with E-state index in [1.807, 2.05) is 19.1 Å². The summed E-state index contributed by atoms with van der Waals surface area (Å²) in [6, 6.07) is 12.0. The van der Waals surface area contributed by atoms with Gasteiger partial charge in [-0.3, -0.25) is 4.79 Å². The van der Waals surface area contributed by atoms with E-state index in [0.29, 0.717) is 25.7 Å². The largest absolute Gasteiger partial charge is 0.391 e. The molecule has 2 aromatic rings. The van der Waals surface area contributed by atoms with Crippen molar-refractivity contribution in [1.82, 2.24) is 5.32 Å². The molecule has 5 atom stereocenters. The standard InChI is InChI=1S/C29H46N2O3/c1-6-9-14-31-29(33)21(5)27(28(32)26(30)16-20(4)8-3)23-17-22-12-10-11-13-25(22)24(18-23)19-34-15-7-2/h10-13,17-18,20-21,26-28,32H,6-9,14-16,19,30H2,1-5H3,(H,31,33)/t20-,21?,26-,27?,28+/m0/s1. The van der Waals surface area contributed by atoms with Crippen LogP contribution in [0.2, 0.25) is 0 Å². The molecule has 0 aliphatic rings. The predicted octanol–water partition coefficient (Wildman–Crippen LogP) is 5.53. The molecule has 0 spiro atoms. The van der Waals surface area contributed by atoms with Gasteiger partial charge in [0, 0.05) is 31.0 Å². The molecule has 34 heavy (non-hydrogen) atoms. The molecule has 1 amide bonds. The van der Waals surface area contributed by atoms with Gasteiger partial charge in [-0.2, -0.15) is 0 Å². The summed E-state index contributed by atoms with van der Waals surface area (Å²) in [4.78, 5) is 13.1. The summed E-state index contributed by atoms with van der Waals surface area (Å²) in [5, 5.41) is 16.8. The average Bonchev–Trinajstić information content (AvgIpc) is 2.84. The first-order valence-electron chi connectivity index (χ1n) is 13.1. The monoisotopic (exact) mass is 470 g/mol. The minimum Gasteiger partial charge on any atom is -0.391 e. The lowest BCUT2D eigenvalue weighted by atomic mass is 9.77. The van der Waals surface area contributed by atoms with Gasteiger partial charge in [-0.05, 0) is 47.1 Å². The van der Waals surface area contributed by atoms with E-state index in [2.05, 4.69) is 57.3 Å². The van der Waals surface area contributed by atoms with Crippen LogP contribution in [0.15, 0.2) is 36.4 Å². The number of ether oxygens (including phenoxy) is 1. The van der Waals surface area contributed by atoms with Crippen LogP contribution in [0.1, 0.15) is 83.8 Å². The van der Waals surface area contributed by atoms with Gasteiger partial charge in [0.2, 0.25) is 5.91 Å². The number of carbonyl (C=O) groups excluding carboxylic acids is 1. The summed E-state index contributed by atoms with van der Waals surface area (Å²) < 4.78 is 5.89. The molecule has 0 aliphatic carbocycles. The molecule has 0 saturated heterocycles. The molecule has 2 rings (SSSR count). The van der Waals surface area contributed by atoms with Crippen LogP contribution in [0.25, 0.3) is 10.8 Å². The number of nitrogens with two attached hydrogens (primary N) is 1. The Hall–Kier alpha value is -1.95. The first-order chi connectivity index (χ1) is 16.3. The molecular weight excluding hydrogens is 424 g/mol. The van der Waals surface area contributed by atoms with Gasteiger partial charge in [0.15, 0.2) is 0 Å². The molecule has 4 N–H and O–H groups in total. The topological polar surface area (TPSA) is 84.6 Å². The lowest BCUT2D eigenvalue weighted by Crippen LogP contribution is -2.45. The highest BCUT2D eigenvalue weighted by Crippen LogP contribution is 2.35. The Kier molecular flexibility index (Phi) is 12.0. The van der Waals surface area contributed by atoms with E-state index in [4.69, 9.17) is 10.5 Å². The van der Waals surface area contributed by atoms with Gasteiger partial charge < -0.3 is 20.9 Å². The Labute approximate surface area is 206 Å². The van der Waals surface area contributed by atoms with Gasteiger partial charge in [0.1, 0.15) is 0 Å². The summed E-state index contributed by atoms with van der Waals surface area (Å²) in [7, 11) is 0. The highest BCUT2D eigenvalue weighted by molar-refractivity contribution is 5.87. The van der Waals surface area contributed by atoms with Gasteiger partial charge in [-0.1, -0.05) is 83.9 Å². The van der Waals surface area contributed by atoms with E-state index >= 15 is 0 Å². The van der Waals surface area contributed by atoms with E-state index < -0.39 is 24.0 Å². The van der Waals surface area contributed by atoms with Crippen LogP contribution in [0, 0.1) is 11.8 Å². The van der Waals surface area contributed by atoms with Crippen LogP contribution in [0.5, 0.6) is 0 Å². The number of aliphatic hydroxyl groups excluding tert-OH is 1. The van der Waals surface area contributed by atoms with Crippen molar-refractivity contribution < 1.29 is 14.6 Å². The SMILES string of the molecule is CCCCNC(=O)C(C)C(c1cc(COCCC)c2ccccc2c1)[C@H](O)[C@@H](N)C[C@@H](C)CC. The van der Waals surface area contributed by atoms with Gasteiger partial charge in [0.25, 0.3) is 0 Å². The molecule has 0 aromatic heterocycles. The Morgan fingerprint density at radius 1 is 1.12 bits per heavy atom. The van der Waals surface area contributed by atoms with Crippen LogP contribution in [-0.4, -0.2) is 36.3 Å². The second-order valence-corrected chi connectivity index (χ2v) is 9.82. The molecule has 2 unspecified atom stereocenters. The van der Waals surface area contributed by atoms with Gasteiger partial charge >= 0.3 is 0 Å². The lowest BCUT2D eigenvalue weighted by Gasteiger charge is -2.33. The summed E-state index contributed by atoms with van der Waals surface area (Å²) in [6.45, 7) is 12.2. The molecule has 0 fully saturated rings. The second-order valence-electron chi connectivity index (χ2n) is 9.82. The smallest absolute Gasteiger partial charge is 0.223 e. The Morgan fingerprint density at radius 2 is 1.85 bits per heavy atom. The molecule has 0 saturated carbocycles. The van der Waals surface area contributed by atoms with Crippen molar-refractivity contribution in [3.05, 3.63) is 47.5 Å². The molecule has 0 radical (unpaired) electrons. The normalized spacial score (nSPS) is 16.1. The first-order valence-corrected chi connectivity index (χ1v) is 13.1. The van der Waals surface area contributed by atoms with Crippen molar-refractivity contribution in [1.29, 1.82) is 0 Å². The van der Waals surface area contributed by atoms with Gasteiger partial charge in [-0.25, -0.2) is 0 Å². The number of aliphatic hydroxyl groups is 1. The first kappa shape index (κ1) is 28.3. The van der Waals surface area contributed by atoms with E-state index in [-0.39, 0.29) is 5.91 Å². The maximum absolute atomic E-state index is 13.1. The Balaban J connectivity index is 2.48. The fraction of sp³-hybridized carbons (Fsp3) is 0.621. The van der Waals surface area contributed by atoms with Crippen molar-refractivity contribution in [2.24, 2.45) is 17.6 Å². The van der Waals surface area contributed by atoms with E-state index in [9.17, 15) is 9.90 Å². The third-order valence-electron chi connectivity index (χ3n) is 6.92. The highest BCUT2D eigenvalue weighted by Gasteiger charge is 2.35. The number of benzene rings is 2. The van der Waals surface area contributed by atoms with E-state index in [1.165, 1.54) is 0 Å². The van der Waals surface area contributed by atoms with Crippen molar-refractivity contribution >= 4 is 16.7 Å². The van der Waals surface area contributed by atoms with Crippen molar-refractivity contribution in [2.75, 3.05) is 13.2 Å². The fourth-order valence-electron chi connectivity index (χ4n) is 4.58. The van der Waals surface area contributed by atoms with Crippen LogP contribution in [0.3, 0.4) is 0 Å². The second kappa shape index (κ2) is 14.4. The molecule has 5 nitrogen and oxygen atoms in total. The number of carbonyl (C=O) groups is 1. The number of unbranched alkanes of at least 4 members (excludes halogenated alkanes) is 1. The lowest BCUT2D eigenvalue weighted by molar-refractivity contribution is -0.126. The zero-order chi connectivity index (χ0) is 25.1. The molecule has 0 aliphatic heterocycles. The van der Waals surface area contributed by atoms with Crippen LogP contribution in [-0.2, 0) is 16.1 Å². The number of fused-ring (bicyclic) bond motifs is 1. The third kappa shape index (κ3) is 7.79. The molecule has 0 heterocycles. The highest BCUT2D eigenvalue weighted by atomic mass is 16.5. The summed E-state index contributed by atoms with van der Waals surface area (Å²) in [6.07, 6.45) is 3.82. The molecule has 5 heteroatoms. The van der Waals surface area contributed by atoms with Crippen molar-refractivity contribution in [3.63, 3.8) is 0 Å². The van der Waals surface area contributed by atoms with E-state index in [1.54, 1.807) is 0 Å². The Bertz CT molecular complexity index is 885. The molecule has 0 bridgehead atoms. The number of hydrogen-bond acceptors (Lipinski definition) is 4. The van der Waals surface area contributed by atoms with Gasteiger partial charge in [-0.15, -0.1) is 0 Å². The van der Waals surface area contributed by atoms with Crippen LogP contribution >= 0.6 is 0 Å². The van der Waals surface area contributed by atoms with E-state index in [0.717, 1.165) is 54.0 Å². The van der Waals surface area contributed by atoms with Gasteiger partial charge in [0.05, 0.1) is 12.7 Å². The minimum absolute atomic E-state index is 0.0369. The Morgan fingerprint density at radius 3 is 2.53 bits per heavy atom. The van der Waals surface area contributed by atoms with Crippen molar-refractivity contribution in [2.45, 2.75) is 91.4 Å². The average molecular weight is 471 g/mol. The van der Waals surface area contributed by atoms with Crippen LogP contribution in [0.4, 0.5) is 0 Å². The minimum atomic E-state index is -0.827. The molecule has 190 valence electrons. The summed E-state index contributed by atoms with van der Waals surface area (Å²) in [5.41, 5.74) is 8.55. The predicted molar refractivity (Wildman–Crippen MR) is 142 cm³/mol. The third-order valence-corrected chi connectivity index (χ3v) is 6.92. The summed E-state index contributed by atoms with van der Waals surface area (Å²) >= 11 is 0. The number of amides is 1. The molecule has 2 aromatic carbocycles. The summed E-state index contributed by atoms with van der Waals surface area (Å²) in [5.74, 6) is -0.450. The van der Waals surface area contributed by atoms with Crippen molar-refractivity contribution in [3.8, 4) is 0 Å². The molecular formula is C29H46N2O3. The zero-order valence-electron chi connectivity index (χ0n) is 21.8.